The molecule has 3 heterocycles. The van der Waals surface area contributed by atoms with Gasteiger partial charge in [0.05, 0.1) is 12.6 Å². The van der Waals surface area contributed by atoms with Crippen molar-refractivity contribution in [3.63, 3.8) is 0 Å². The van der Waals surface area contributed by atoms with Crippen LogP contribution in [0.2, 0.25) is 0 Å². The van der Waals surface area contributed by atoms with Gasteiger partial charge in [-0.3, -0.25) is 15.3 Å². The predicted octanol–water partition coefficient (Wildman–Crippen LogP) is -1.15. The summed E-state index contributed by atoms with van der Waals surface area (Å²) in [5.74, 6) is 1.29. The molecule has 4 N–H and O–H groups in total. The topological polar surface area (TPSA) is 87.2 Å². The molecular weight excluding hydrogens is 304 g/mol. The van der Waals surface area contributed by atoms with Crippen LogP contribution in [0.1, 0.15) is 12.8 Å². The average molecular weight is 336 g/mol. The van der Waals surface area contributed by atoms with Crippen LogP contribution in [0.15, 0.2) is 4.99 Å². The van der Waals surface area contributed by atoms with E-state index in [2.05, 4.69) is 27.1 Å². The largest absolute Gasteiger partial charge is 0.370 e. The molecule has 3 rings (SSSR count). The van der Waals surface area contributed by atoms with Gasteiger partial charge in [0.25, 0.3) is 0 Å². The van der Waals surface area contributed by atoms with Crippen LogP contribution >= 0.6 is 0 Å². The Labute approximate surface area is 145 Å². The van der Waals surface area contributed by atoms with Gasteiger partial charge in [0.15, 0.2) is 11.9 Å². The molecule has 0 radical (unpaired) electrons. The van der Waals surface area contributed by atoms with Gasteiger partial charge < -0.3 is 25.8 Å². The fourth-order valence-electron chi connectivity index (χ4n) is 3.73. The molecule has 0 aliphatic carbocycles. The first-order chi connectivity index (χ1) is 11.6. The lowest BCUT2D eigenvalue weighted by Gasteiger charge is -2.27. The number of hydrogen-bond donors (Lipinski definition) is 3. The maximum absolute atomic E-state index is 7.59. The highest BCUT2D eigenvalue weighted by molar-refractivity contribution is 5.82. The number of rotatable bonds is 2. The van der Waals surface area contributed by atoms with Crippen LogP contribution in [0.25, 0.3) is 0 Å². The smallest absolute Gasteiger partial charge is 0.194 e. The van der Waals surface area contributed by atoms with Crippen molar-refractivity contribution in [1.29, 1.82) is 5.41 Å². The molecule has 0 aromatic carbocycles. The van der Waals surface area contributed by atoms with Crippen LogP contribution in [-0.4, -0.2) is 110 Å². The Morgan fingerprint density at radius 2 is 1.96 bits per heavy atom. The standard InChI is InChI=1S/C16H32N8/c1-21-4-2-7-24(10-8-21)16-19-12-14(20-16)13-22-5-3-6-23(11-9-22)15(17)18/h14H,2-13H2,1H3,(H3,17,18)(H,19,20). The summed E-state index contributed by atoms with van der Waals surface area (Å²) in [6, 6.07) is 0.407. The molecule has 2 fully saturated rings. The second kappa shape index (κ2) is 8.02. The van der Waals surface area contributed by atoms with Crippen molar-refractivity contribution in [2.45, 2.75) is 18.9 Å². The molecule has 0 saturated carbocycles. The van der Waals surface area contributed by atoms with Gasteiger partial charge in [-0.1, -0.05) is 0 Å². The predicted molar refractivity (Wildman–Crippen MR) is 97.5 cm³/mol. The van der Waals surface area contributed by atoms with Crippen molar-refractivity contribution in [3.05, 3.63) is 0 Å². The lowest BCUT2D eigenvalue weighted by Crippen LogP contribution is -2.48. The zero-order valence-electron chi connectivity index (χ0n) is 14.9. The van der Waals surface area contributed by atoms with Gasteiger partial charge >= 0.3 is 0 Å². The highest BCUT2D eigenvalue weighted by Crippen LogP contribution is 2.09. The van der Waals surface area contributed by atoms with E-state index < -0.39 is 0 Å². The number of nitrogens with two attached hydrogens (primary N) is 1. The van der Waals surface area contributed by atoms with Gasteiger partial charge in [0, 0.05) is 45.8 Å². The van der Waals surface area contributed by atoms with E-state index in [0.29, 0.717) is 6.04 Å². The van der Waals surface area contributed by atoms with Crippen LogP contribution in [0.4, 0.5) is 0 Å². The van der Waals surface area contributed by atoms with Gasteiger partial charge in [-0.25, -0.2) is 0 Å². The monoisotopic (exact) mass is 336 g/mol. The molecule has 0 bridgehead atoms. The Kier molecular flexibility index (Phi) is 5.78. The molecule has 8 nitrogen and oxygen atoms in total. The van der Waals surface area contributed by atoms with E-state index >= 15 is 0 Å². The summed E-state index contributed by atoms with van der Waals surface area (Å²) >= 11 is 0. The minimum absolute atomic E-state index is 0.201. The Bertz CT molecular complexity index is 465. The summed E-state index contributed by atoms with van der Waals surface area (Å²) in [7, 11) is 2.19. The van der Waals surface area contributed by atoms with Gasteiger partial charge in [-0.05, 0) is 33.0 Å². The van der Waals surface area contributed by atoms with E-state index in [4.69, 9.17) is 16.1 Å². The molecule has 1 unspecified atom stereocenters. The molecule has 1 atom stereocenters. The minimum Gasteiger partial charge on any atom is -0.370 e. The van der Waals surface area contributed by atoms with Crippen LogP contribution in [0.5, 0.6) is 0 Å². The van der Waals surface area contributed by atoms with Crippen LogP contribution in [0, 0.1) is 5.41 Å². The van der Waals surface area contributed by atoms with Crippen molar-refractivity contribution in [3.8, 4) is 0 Å². The number of likely N-dealkylation sites (N-methyl/N-ethyl adjacent to an activating group) is 1. The first-order valence-electron chi connectivity index (χ1n) is 9.17. The zero-order chi connectivity index (χ0) is 16.9. The van der Waals surface area contributed by atoms with Crippen molar-refractivity contribution in [1.82, 2.24) is 24.9 Å². The highest BCUT2D eigenvalue weighted by Gasteiger charge is 2.26. The van der Waals surface area contributed by atoms with Crippen LogP contribution < -0.4 is 11.1 Å². The minimum atomic E-state index is 0.201. The Hall–Kier alpha value is -1.54. The molecule has 0 aromatic heterocycles. The third kappa shape index (κ3) is 4.51. The SMILES string of the molecule is CN1CCCN(C2=NCC(CN3CCCN(C(=N)N)CC3)N2)CC1. The van der Waals surface area contributed by atoms with E-state index in [9.17, 15) is 0 Å². The third-order valence-corrected chi connectivity index (χ3v) is 5.22. The summed E-state index contributed by atoms with van der Waals surface area (Å²) in [5.41, 5.74) is 5.62. The molecule has 3 aliphatic rings. The summed E-state index contributed by atoms with van der Waals surface area (Å²) < 4.78 is 0. The maximum atomic E-state index is 7.59. The number of hydrogen-bond acceptors (Lipinski definition) is 6. The molecule has 0 amide bonds. The first kappa shape index (κ1) is 17.3. The first-order valence-corrected chi connectivity index (χ1v) is 9.17. The van der Waals surface area contributed by atoms with E-state index in [1.807, 2.05) is 4.90 Å². The number of nitrogens with zero attached hydrogens (tertiary/aromatic N) is 5. The molecular formula is C16H32N8. The van der Waals surface area contributed by atoms with Gasteiger partial charge in [-0.2, -0.15) is 0 Å². The Balaban J connectivity index is 1.44. The molecule has 24 heavy (non-hydrogen) atoms. The van der Waals surface area contributed by atoms with Gasteiger partial charge in [0.2, 0.25) is 0 Å². The summed E-state index contributed by atoms with van der Waals surface area (Å²) in [6.45, 7) is 10.1. The summed E-state index contributed by atoms with van der Waals surface area (Å²) in [6.07, 6.45) is 2.27. The fraction of sp³-hybridized carbons (Fsp3) is 0.875. The van der Waals surface area contributed by atoms with Crippen molar-refractivity contribution in [2.75, 3.05) is 72.5 Å². The van der Waals surface area contributed by atoms with Gasteiger partial charge in [-0.15, -0.1) is 0 Å². The van der Waals surface area contributed by atoms with Crippen molar-refractivity contribution < 1.29 is 0 Å². The molecule has 8 heteroatoms. The zero-order valence-corrected chi connectivity index (χ0v) is 14.9. The summed E-state index contributed by atoms with van der Waals surface area (Å²) in [5, 5.41) is 11.2. The van der Waals surface area contributed by atoms with E-state index in [1.54, 1.807) is 0 Å². The van der Waals surface area contributed by atoms with E-state index in [1.165, 1.54) is 13.0 Å². The van der Waals surface area contributed by atoms with Crippen molar-refractivity contribution in [2.24, 2.45) is 10.7 Å². The van der Waals surface area contributed by atoms with E-state index in [-0.39, 0.29) is 5.96 Å². The number of aliphatic imine (C=N–C) groups is 1. The van der Waals surface area contributed by atoms with Crippen molar-refractivity contribution >= 4 is 11.9 Å². The number of guanidine groups is 2. The van der Waals surface area contributed by atoms with Gasteiger partial charge in [0.1, 0.15) is 0 Å². The van der Waals surface area contributed by atoms with E-state index in [0.717, 1.165) is 71.3 Å². The normalized spacial score (nSPS) is 27.4. The molecule has 136 valence electrons. The molecule has 3 aliphatic heterocycles. The molecule has 0 spiro atoms. The second-order valence-corrected chi connectivity index (χ2v) is 7.18. The molecule has 0 aromatic rings. The number of nitrogens with one attached hydrogen (secondary N) is 2. The lowest BCUT2D eigenvalue weighted by molar-refractivity contribution is 0.264. The average Bonchev–Trinajstić information content (AvgIpc) is 2.74. The van der Waals surface area contributed by atoms with Crippen LogP contribution in [-0.2, 0) is 0 Å². The summed E-state index contributed by atoms with van der Waals surface area (Å²) in [4.78, 5) is 14.0. The molecule has 2 saturated heterocycles. The maximum Gasteiger partial charge on any atom is 0.194 e. The third-order valence-electron chi connectivity index (χ3n) is 5.22. The highest BCUT2D eigenvalue weighted by atomic mass is 15.4. The quantitative estimate of drug-likeness (QED) is 0.436. The van der Waals surface area contributed by atoms with Crippen LogP contribution in [0.3, 0.4) is 0 Å². The lowest BCUT2D eigenvalue weighted by atomic mass is 10.2. The Morgan fingerprint density at radius 3 is 2.79 bits per heavy atom. The Morgan fingerprint density at radius 1 is 1.12 bits per heavy atom. The fourth-order valence-corrected chi connectivity index (χ4v) is 3.73. The second-order valence-electron chi connectivity index (χ2n) is 7.18.